The van der Waals surface area contributed by atoms with E-state index >= 15 is 0 Å². The van der Waals surface area contributed by atoms with E-state index in [1.807, 2.05) is 34.9 Å². The molecule has 1 rings (SSSR count). The van der Waals surface area contributed by atoms with Crippen LogP contribution in [0, 0.1) is 0 Å². The lowest BCUT2D eigenvalue weighted by molar-refractivity contribution is -0.671. The molecule has 1 N–H and O–H groups in total. The van der Waals surface area contributed by atoms with Gasteiger partial charge < -0.3 is 9.66 Å². The van der Waals surface area contributed by atoms with Crippen LogP contribution in [-0.2, 0) is 28.2 Å². The monoisotopic (exact) mass is 336 g/mol. The molecule has 8 heteroatoms. The molecule has 7 nitrogen and oxygen atoms in total. The lowest BCUT2D eigenvalue weighted by Crippen LogP contribution is -2.23. The summed E-state index contributed by atoms with van der Waals surface area (Å²) in [4.78, 5) is 0. The Morgan fingerprint density at radius 3 is 2.36 bits per heavy atom. The SMILES string of the molecule is CCCCCCCCOS(=O)(=O)[O-].C[n+]1ccn(CCO)c1. The smallest absolute Gasteiger partial charge is 0.243 e. The van der Waals surface area contributed by atoms with Crippen LogP contribution in [-0.4, -0.2) is 35.9 Å². The van der Waals surface area contributed by atoms with Crippen molar-refractivity contribution in [1.82, 2.24) is 4.57 Å². The summed E-state index contributed by atoms with van der Waals surface area (Å²) in [6.45, 7) is 3.04. The minimum Gasteiger partial charge on any atom is -0.726 e. The Morgan fingerprint density at radius 1 is 1.23 bits per heavy atom. The van der Waals surface area contributed by atoms with Crippen molar-refractivity contribution in [2.45, 2.75) is 52.0 Å². The number of hydrogen-bond acceptors (Lipinski definition) is 5. The molecule has 1 heterocycles. The van der Waals surface area contributed by atoms with Crippen molar-refractivity contribution in [1.29, 1.82) is 0 Å². The third kappa shape index (κ3) is 14.0. The van der Waals surface area contributed by atoms with Gasteiger partial charge in [0.25, 0.3) is 0 Å². The van der Waals surface area contributed by atoms with Crippen LogP contribution in [0.4, 0.5) is 0 Å². The van der Waals surface area contributed by atoms with Crippen LogP contribution in [0.15, 0.2) is 18.7 Å². The van der Waals surface area contributed by atoms with Crippen LogP contribution in [0.3, 0.4) is 0 Å². The van der Waals surface area contributed by atoms with Gasteiger partial charge in [-0.2, -0.15) is 0 Å². The van der Waals surface area contributed by atoms with E-state index in [9.17, 15) is 13.0 Å². The van der Waals surface area contributed by atoms with Gasteiger partial charge in [-0.15, -0.1) is 0 Å². The molecule has 0 aliphatic carbocycles. The van der Waals surface area contributed by atoms with Gasteiger partial charge in [0.15, 0.2) is 0 Å². The van der Waals surface area contributed by atoms with Gasteiger partial charge in [0.1, 0.15) is 18.9 Å². The van der Waals surface area contributed by atoms with Gasteiger partial charge in [0, 0.05) is 0 Å². The fourth-order valence-electron chi connectivity index (χ4n) is 1.79. The Hall–Kier alpha value is -0.960. The highest BCUT2D eigenvalue weighted by Crippen LogP contribution is 2.05. The van der Waals surface area contributed by atoms with Gasteiger partial charge in [0.05, 0.1) is 20.3 Å². The number of aliphatic hydroxyl groups is 1. The minimum atomic E-state index is -4.47. The average molecular weight is 336 g/mol. The number of aryl methyl sites for hydroxylation is 1. The second kappa shape index (κ2) is 12.6. The lowest BCUT2D eigenvalue weighted by atomic mass is 10.1. The maximum absolute atomic E-state index is 9.99. The van der Waals surface area contributed by atoms with Gasteiger partial charge in [-0.1, -0.05) is 39.0 Å². The number of aromatic nitrogens is 2. The normalized spacial score (nSPS) is 11.1. The number of nitrogens with zero attached hydrogens (tertiary/aromatic N) is 2. The van der Waals surface area contributed by atoms with E-state index in [0.717, 1.165) is 12.8 Å². The molecule has 0 saturated carbocycles. The molecule has 0 fully saturated rings. The van der Waals surface area contributed by atoms with Crippen molar-refractivity contribution >= 4 is 10.4 Å². The Balaban J connectivity index is 0.000000425. The minimum absolute atomic E-state index is 0.0258. The summed E-state index contributed by atoms with van der Waals surface area (Å²) >= 11 is 0. The summed E-state index contributed by atoms with van der Waals surface area (Å²) < 4.78 is 37.9. The molecular formula is C14H28N2O5S. The maximum atomic E-state index is 9.99. The number of unbranched alkanes of at least 4 members (excludes halogenated alkanes) is 5. The zero-order valence-corrected chi connectivity index (χ0v) is 14.3. The molecular weight excluding hydrogens is 308 g/mol. The lowest BCUT2D eigenvalue weighted by Gasteiger charge is -2.06. The van der Waals surface area contributed by atoms with Crippen LogP contribution in [0.5, 0.6) is 0 Å². The Morgan fingerprint density at radius 2 is 1.86 bits per heavy atom. The van der Waals surface area contributed by atoms with Crippen LogP contribution in [0.1, 0.15) is 45.4 Å². The molecule has 0 radical (unpaired) electrons. The largest absolute Gasteiger partial charge is 0.726 e. The topological polar surface area (TPSA) is 95.5 Å². The molecule has 0 atom stereocenters. The van der Waals surface area contributed by atoms with Gasteiger partial charge in [-0.05, 0) is 6.42 Å². The first-order valence-electron chi connectivity index (χ1n) is 7.61. The van der Waals surface area contributed by atoms with Crippen LogP contribution >= 0.6 is 0 Å². The summed E-state index contributed by atoms with van der Waals surface area (Å²) in [5.74, 6) is 0. The second-order valence-electron chi connectivity index (χ2n) is 5.04. The third-order valence-corrected chi connectivity index (χ3v) is 3.36. The molecule has 130 valence electrons. The maximum Gasteiger partial charge on any atom is 0.243 e. The first-order valence-corrected chi connectivity index (χ1v) is 8.94. The van der Waals surface area contributed by atoms with Gasteiger partial charge in [-0.25, -0.2) is 17.6 Å². The van der Waals surface area contributed by atoms with E-state index in [1.54, 1.807) is 0 Å². The quantitative estimate of drug-likeness (QED) is 0.299. The Kier molecular flexibility index (Phi) is 12.0. The Bertz CT molecular complexity index is 473. The highest BCUT2D eigenvalue weighted by atomic mass is 32.3. The molecule has 0 aromatic carbocycles. The van der Waals surface area contributed by atoms with E-state index in [-0.39, 0.29) is 13.2 Å². The summed E-state index contributed by atoms with van der Waals surface area (Å²) in [5, 5.41) is 8.50. The second-order valence-corrected chi connectivity index (χ2v) is 6.09. The van der Waals surface area contributed by atoms with E-state index in [1.165, 1.54) is 19.3 Å². The van der Waals surface area contributed by atoms with Crippen LogP contribution < -0.4 is 4.57 Å². The van der Waals surface area contributed by atoms with Gasteiger partial charge in [0.2, 0.25) is 16.7 Å². The third-order valence-electron chi connectivity index (χ3n) is 2.91. The number of hydrogen-bond donors (Lipinski definition) is 1. The highest BCUT2D eigenvalue weighted by Gasteiger charge is 1.96. The Labute approximate surface area is 133 Å². The first kappa shape index (κ1) is 21.0. The van der Waals surface area contributed by atoms with Crippen molar-refractivity contribution in [2.75, 3.05) is 13.2 Å². The molecule has 1 aromatic rings. The van der Waals surface area contributed by atoms with E-state index in [2.05, 4.69) is 11.1 Å². The van der Waals surface area contributed by atoms with E-state index in [0.29, 0.717) is 13.0 Å². The molecule has 0 unspecified atom stereocenters. The molecule has 1 aromatic heterocycles. The van der Waals surface area contributed by atoms with Crippen molar-refractivity contribution in [3.63, 3.8) is 0 Å². The fraction of sp³-hybridized carbons (Fsp3) is 0.786. The number of imidazole rings is 1. The van der Waals surface area contributed by atoms with Crippen LogP contribution in [0.25, 0.3) is 0 Å². The average Bonchev–Trinajstić information content (AvgIpc) is 2.83. The molecule has 0 saturated heterocycles. The summed E-state index contributed by atoms with van der Waals surface area (Å²) in [6.07, 6.45) is 12.0. The molecule has 0 amide bonds. The fourth-order valence-corrected chi connectivity index (χ4v) is 2.11. The van der Waals surface area contributed by atoms with Crippen molar-refractivity contribution in [3.05, 3.63) is 18.7 Å². The molecule has 0 aliphatic rings. The van der Waals surface area contributed by atoms with Crippen molar-refractivity contribution in [2.24, 2.45) is 7.05 Å². The predicted octanol–water partition coefficient (Wildman–Crippen LogP) is 1.13. The number of aliphatic hydroxyl groups excluding tert-OH is 1. The molecule has 0 bridgehead atoms. The molecule has 0 spiro atoms. The molecule has 0 aliphatic heterocycles. The molecule has 22 heavy (non-hydrogen) atoms. The standard InChI is InChI=1S/C8H18O4S.C6H11N2O/c1-2-3-4-5-6-7-8-12-13(9,10)11;1-7-2-3-8(6-7)4-5-9/h2-8H2,1H3,(H,9,10,11);2-3,6,9H,4-5H2,1H3/q;+1/p-1. The van der Waals surface area contributed by atoms with Gasteiger partial charge in [-0.3, -0.25) is 4.18 Å². The first-order chi connectivity index (χ1) is 10.4. The predicted molar refractivity (Wildman–Crippen MR) is 81.7 cm³/mol. The van der Waals surface area contributed by atoms with Crippen molar-refractivity contribution < 1.29 is 26.8 Å². The number of rotatable bonds is 10. The van der Waals surface area contributed by atoms with Crippen molar-refractivity contribution in [3.8, 4) is 0 Å². The highest BCUT2D eigenvalue weighted by molar-refractivity contribution is 7.80. The van der Waals surface area contributed by atoms with Crippen LogP contribution in [0.2, 0.25) is 0 Å². The van der Waals surface area contributed by atoms with E-state index < -0.39 is 10.4 Å². The summed E-state index contributed by atoms with van der Waals surface area (Å²) in [5.41, 5.74) is 0. The zero-order valence-electron chi connectivity index (χ0n) is 13.5. The zero-order chi connectivity index (χ0) is 16.8. The van der Waals surface area contributed by atoms with E-state index in [4.69, 9.17) is 5.11 Å². The van der Waals surface area contributed by atoms with Gasteiger partial charge >= 0.3 is 0 Å². The summed E-state index contributed by atoms with van der Waals surface area (Å²) in [7, 11) is -2.52. The summed E-state index contributed by atoms with van der Waals surface area (Å²) in [6, 6.07) is 0.